The van der Waals surface area contributed by atoms with E-state index < -0.39 is 0 Å². The zero-order valence-electron chi connectivity index (χ0n) is 9.39. The van der Waals surface area contributed by atoms with Gasteiger partial charge in [-0.15, -0.1) is 0 Å². The van der Waals surface area contributed by atoms with Crippen LogP contribution in [0.2, 0.25) is 0 Å². The first-order valence-corrected chi connectivity index (χ1v) is 4.82. The van der Waals surface area contributed by atoms with Crippen molar-refractivity contribution in [1.82, 2.24) is 19.6 Å². The third-order valence-electron chi connectivity index (χ3n) is 2.29. The molecule has 82 valence electrons. The van der Waals surface area contributed by atoms with E-state index in [1.54, 1.807) is 16.4 Å². The highest BCUT2D eigenvalue weighted by Gasteiger charge is 2.13. The first-order chi connectivity index (χ1) is 7.61. The summed E-state index contributed by atoms with van der Waals surface area (Å²) in [7, 11) is 3.63. The standard InChI is InChI=1S/C10H12N6/c1-7-8(6-11)10(16(3)13-7)12-9-4-5-15(2)14-9/h4-5H,1-3H3,(H,12,14). The second kappa shape index (κ2) is 3.70. The van der Waals surface area contributed by atoms with E-state index in [2.05, 4.69) is 21.6 Å². The number of nitriles is 1. The SMILES string of the molecule is Cc1nn(C)c(Nc2ccn(C)n2)c1C#N. The summed E-state index contributed by atoms with van der Waals surface area (Å²) in [5.41, 5.74) is 1.26. The highest BCUT2D eigenvalue weighted by Crippen LogP contribution is 2.20. The van der Waals surface area contributed by atoms with Crippen molar-refractivity contribution in [2.75, 3.05) is 5.32 Å². The van der Waals surface area contributed by atoms with Crippen molar-refractivity contribution in [1.29, 1.82) is 5.26 Å². The number of anilines is 2. The molecule has 0 radical (unpaired) electrons. The topological polar surface area (TPSA) is 71.5 Å². The van der Waals surface area contributed by atoms with E-state index in [0.29, 0.717) is 22.9 Å². The summed E-state index contributed by atoms with van der Waals surface area (Å²) in [4.78, 5) is 0. The van der Waals surface area contributed by atoms with Gasteiger partial charge in [0, 0.05) is 26.4 Å². The third-order valence-corrected chi connectivity index (χ3v) is 2.29. The van der Waals surface area contributed by atoms with Gasteiger partial charge in [0.05, 0.1) is 5.69 Å². The lowest BCUT2D eigenvalue weighted by Gasteiger charge is -2.03. The number of rotatable bonds is 2. The summed E-state index contributed by atoms with van der Waals surface area (Å²) >= 11 is 0. The molecular weight excluding hydrogens is 204 g/mol. The van der Waals surface area contributed by atoms with Gasteiger partial charge in [-0.2, -0.15) is 15.5 Å². The van der Waals surface area contributed by atoms with Gasteiger partial charge < -0.3 is 5.32 Å². The minimum atomic E-state index is 0.549. The summed E-state index contributed by atoms with van der Waals surface area (Å²) in [6.07, 6.45) is 1.83. The third kappa shape index (κ3) is 1.63. The van der Waals surface area contributed by atoms with E-state index in [9.17, 15) is 0 Å². The Morgan fingerprint density at radius 2 is 2.12 bits per heavy atom. The summed E-state index contributed by atoms with van der Waals surface area (Å²) < 4.78 is 3.33. The predicted octanol–water partition coefficient (Wildman–Crippen LogP) is 1.08. The average Bonchev–Trinajstić information content (AvgIpc) is 2.73. The smallest absolute Gasteiger partial charge is 0.153 e. The van der Waals surface area contributed by atoms with Gasteiger partial charge in [0.2, 0.25) is 0 Å². The second-order valence-corrected chi connectivity index (χ2v) is 3.54. The van der Waals surface area contributed by atoms with E-state index in [4.69, 9.17) is 5.26 Å². The van der Waals surface area contributed by atoms with Crippen LogP contribution in [0.15, 0.2) is 12.3 Å². The van der Waals surface area contributed by atoms with Crippen LogP contribution >= 0.6 is 0 Å². The van der Waals surface area contributed by atoms with Crippen LogP contribution in [0.4, 0.5) is 11.6 Å². The number of nitrogens with one attached hydrogen (secondary N) is 1. The van der Waals surface area contributed by atoms with Crippen LogP contribution in [0, 0.1) is 18.3 Å². The Kier molecular flexibility index (Phi) is 2.37. The molecule has 0 fully saturated rings. The van der Waals surface area contributed by atoms with Crippen molar-refractivity contribution in [2.24, 2.45) is 14.1 Å². The van der Waals surface area contributed by atoms with Crippen molar-refractivity contribution in [3.05, 3.63) is 23.5 Å². The van der Waals surface area contributed by atoms with E-state index in [1.807, 2.05) is 26.2 Å². The number of nitrogens with zero attached hydrogens (tertiary/aromatic N) is 5. The lowest BCUT2D eigenvalue weighted by atomic mass is 10.2. The van der Waals surface area contributed by atoms with Gasteiger partial charge in [0.25, 0.3) is 0 Å². The fraction of sp³-hybridized carbons (Fsp3) is 0.300. The van der Waals surface area contributed by atoms with Gasteiger partial charge in [0.1, 0.15) is 17.5 Å². The van der Waals surface area contributed by atoms with Gasteiger partial charge in [-0.25, -0.2) is 0 Å². The van der Waals surface area contributed by atoms with E-state index >= 15 is 0 Å². The summed E-state index contributed by atoms with van der Waals surface area (Å²) in [6, 6.07) is 3.97. The Bertz CT molecular complexity index is 556. The molecule has 0 saturated carbocycles. The Hall–Kier alpha value is -2.29. The molecule has 0 unspecified atom stereocenters. The van der Waals surface area contributed by atoms with E-state index in [-0.39, 0.29) is 0 Å². The molecule has 0 aromatic carbocycles. The molecule has 6 heteroatoms. The van der Waals surface area contributed by atoms with Gasteiger partial charge in [-0.1, -0.05) is 0 Å². The zero-order valence-corrected chi connectivity index (χ0v) is 9.39. The molecule has 0 aliphatic carbocycles. The fourth-order valence-corrected chi connectivity index (χ4v) is 1.54. The highest BCUT2D eigenvalue weighted by molar-refractivity contribution is 5.61. The maximum atomic E-state index is 9.03. The molecule has 0 aliphatic rings. The summed E-state index contributed by atoms with van der Waals surface area (Å²) in [5, 5.41) is 20.5. The minimum absolute atomic E-state index is 0.549. The molecule has 0 saturated heterocycles. The van der Waals surface area contributed by atoms with Crippen LogP contribution in [-0.4, -0.2) is 19.6 Å². The average molecular weight is 216 g/mol. The van der Waals surface area contributed by atoms with Crippen LogP contribution in [0.3, 0.4) is 0 Å². The van der Waals surface area contributed by atoms with Crippen LogP contribution in [-0.2, 0) is 14.1 Å². The molecule has 2 aromatic rings. The summed E-state index contributed by atoms with van der Waals surface area (Å²) in [6.45, 7) is 1.81. The Balaban J connectivity index is 2.38. The van der Waals surface area contributed by atoms with Crippen molar-refractivity contribution in [3.8, 4) is 6.07 Å². The Morgan fingerprint density at radius 1 is 1.38 bits per heavy atom. The van der Waals surface area contributed by atoms with Crippen molar-refractivity contribution in [3.63, 3.8) is 0 Å². The first kappa shape index (κ1) is 10.2. The van der Waals surface area contributed by atoms with Crippen molar-refractivity contribution < 1.29 is 0 Å². The molecule has 2 aromatic heterocycles. The van der Waals surface area contributed by atoms with Gasteiger partial charge in [-0.05, 0) is 6.92 Å². The van der Waals surface area contributed by atoms with Gasteiger partial charge in [-0.3, -0.25) is 9.36 Å². The van der Waals surface area contributed by atoms with Crippen molar-refractivity contribution >= 4 is 11.6 Å². The fourth-order valence-electron chi connectivity index (χ4n) is 1.54. The van der Waals surface area contributed by atoms with Crippen LogP contribution in [0.1, 0.15) is 11.3 Å². The molecular formula is C10H12N6. The first-order valence-electron chi connectivity index (χ1n) is 4.82. The molecule has 0 spiro atoms. The predicted molar refractivity (Wildman–Crippen MR) is 59.2 cm³/mol. The molecule has 0 amide bonds. The lowest BCUT2D eigenvalue weighted by Crippen LogP contribution is -2.01. The quantitative estimate of drug-likeness (QED) is 0.815. The minimum Gasteiger partial charge on any atom is -0.323 e. The molecule has 6 nitrogen and oxygen atoms in total. The van der Waals surface area contributed by atoms with Gasteiger partial charge in [0.15, 0.2) is 5.82 Å². The maximum absolute atomic E-state index is 9.03. The Morgan fingerprint density at radius 3 is 2.69 bits per heavy atom. The van der Waals surface area contributed by atoms with Crippen LogP contribution in [0.25, 0.3) is 0 Å². The monoisotopic (exact) mass is 216 g/mol. The molecule has 1 N–H and O–H groups in total. The number of hydrogen-bond acceptors (Lipinski definition) is 4. The molecule has 0 aliphatic heterocycles. The van der Waals surface area contributed by atoms with Crippen LogP contribution in [0.5, 0.6) is 0 Å². The zero-order chi connectivity index (χ0) is 11.7. The highest BCUT2D eigenvalue weighted by atomic mass is 15.4. The normalized spacial score (nSPS) is 10.1. The maximum Gasteiger partial charge on any atom is 0.153 e. The lowest BCUT2D eigenvalue weighted by molar-refractivity contribution is 0.756. The molecule has 2 heterocycles. The number of hydrogen-bond donors (Lipinski definition) is 1. The molecule has 0 bridgehead atoms. The van der Waals surface area contributed by atoms with E-state index in [0.717, 1.165) is 0 Å². The second-order valence-electron chi connectivity index (χ2n) is 3.54. The number of aryl methyl sites for hydroxylation is 3. The summed E-state index contributed by atoms with van der Waals surface area (Å²) in [5.74, 6) is 1.36. The molecule has 0 atom stereocenters. The van der Waals surface area contributed by atoms with Crippen LogP contribution < -0.4 is 5.32 Å². The van der Waals surface area contributed by atoms with Crippen molar-refractivity contribution in [2.45, 2.75) is 6.92 Å². The molecule has 16 heavy (non-hydrogen) atoms. The Labute approximate surface area is 93.1 Å². The van der Waals surface area contributed by atoms with Gasteiger partial charge >= 0.3 is 0 Å². The molecule has 2 rings (SSSR count). The van der Waals surface area contributed by atoms with E-state index in [1.165, 1.54) is 0 Å². The number of aromatic nitrogens is 4. The largest absolute Gasteiger partial charge is 0.323 e.